The van der Waals surface area contributed by atoms with Crippen LogP contribution in [0, 0.1) is 0 Å². The zero-order valence-corrected chi connectivity index (χ0v) is 17.5. The molecule has 0 saturated heterocycles. The Morgan fingerprint density at radius 1 is 0.933 bits per heavy atom. The first-order valence-corrected chi connectivity index (χ1v) is 10.1. The quantitative estimate of drug-likeness (QED) is 0.551. The molecule has 0 radical (unpaired) electrons. The Bertz CT molecular complexity index is 1110. The molecule has 5 rings (SSSR count). The fourth-order valence-electron chi connectivity index (χ4n) is 4.03. The van der Waals surface area contributed by atoms with E-state index < -0.39 is 6.23 Å². The Morgan fingerprint density at radius 3 is 2.40 bits per heavy atom. The van der Waals surface area contributed by atoms with Crippen molar-refractivity contribution in [1.82, 2.24) is 5.01 Å². The molecule has 2 heterocycles. The molecule has 6 heteroatoms. The Kier molecular flexibility index (Phi) is 4.75. The maximum atomic E-state index is 6.52. The van der Waals surface area contributed by atoms with E-state index in [1.165, 1.54) is 0 Å². The number of hydrogen-bond donors (Lipinski definition) is 0. The molecule has 0 aromatic heterocycles. The second kappa shape index (κ2) is 7.58. The van der Waals surface area contributed by atoms with Gasteiger partial charge >= 0.3 is 0 Å². The van der Waals surface area contributed by atoms with Gasteiger partial charge in [0, 0.05) is 22.6 Å². The first-order chi connectivity index (χ1) is 14.7. The highest BCUT2D eigenvalue weighted by Crippen LogP contribution is 2.49. The summed E-state index contributed by atoms with van der Waals surface area (Å²) in [6.07, 6.45) is 0.358. The van der Waals surface area contributed by atoms with E-state index in [4.69, 9.17) is 30.9 Å². The predicted molar refractivity (Wildman–Crippen MR) is 117 cm³/mol. The molecule has 0 fully saturated rings. The number of nitrogens with zero attached hydrogens (tertiary/aromatic N) is 2. The van der Waals surface area contributed by atoms with E-state index in [-0.39, 0.29) is 6.04 Å². The fourth-order valence-corrected chi connectivity index (χ4v) is 4.26. The van der Waals surface area contributed by atoms with Crippen LogP contribution in [0.25, 0.3) is 0 Å². The number of ether oxygens (including phenoxy) is 3. The molecule has 2 aliphatic heterocycles. The molecule has 0 unspecified atom stereocenters. The van der Waals surface area contributed by atoms with E-state index in [1.807, 2.05) is 71.7 Å². The number of benzene rings is 3. The summed E-state index contributed by atoms with van der Waals surface area (Å²) in [5.41, 5.74) is 4.02. The van der Waals surface area contributed by atoms with Crippen molar-refractivity contribution in [2.45, 2.75) is 18.7 Å². The van der Waals surface area contributed by atoms with Crippen LogP contribution in [-0.4, -0.2) is 24.9 Å². The number of hydrogen-bond acceptors (Lipinski definition) is 5. The summed E-state index contributed by atoms with van der Waals surface area (Å²) in [6.45, 7) is 0. The van der Waals surface area contributed by atoms with Crippen LogP contribution in [0.2, 0.25) is 5.02 Å². The average Bonchev–Trinajstić information content (AvgIpc) is 3.24. The molecular weight excluding hydrogens is 400 g/mol. The van der Waals surface area contributed by atoms with Crippen molar-refractivity contribution in [2.24, 2.45) is 5.10 Å². The summed E-state index contributed by atoms with van der Waals surface area (Å²) >= 11 is 6.52. The summed E-state index contributed by atoms with van der Waals surface area (Å²) in [5.74, 6) is 2.45. The van der Waals surface area contributed by atoms with Crippen LogP contribution in [0.4, 0.5) is 0 Å². The van der Waals surface area contributed by atoms with Crippen molar-refractivity contribution in [3.8, 4) is 17.2 Å². The van der Waals surface area contributed by atoms with Crippen molar-refractivity contribution < 1.29 is 14.2 Å². The van der Waals surface area contributed by atoms with Crippen LogP contribution in [0.5, 0.6) is 17.2 Å². The fraction of sp³-hybridized carbons (Fsp3) is 0.208. The lowest BCUT2D eigenvalue weighted by Crippen LogP contribution is -2.33. The predicted octanol–water partition coefficient (Wildman–Crippen LogP) is 5.60. The van der Waals surface area contributed by atoms with Crippen LogP contribution in [0.1, 0.15) is 35.4 Å². The summed E-state index contributed by atoms with van der Waals surface area (Å²) in [6, 6.07) is 21.7. The topological polar surface area (TPSA) is 43.3 Å². The zero-order valence-electron chi connectivity index (χ0n) is 16.7. The van der Waals surface area contributed by atoms with E-state index in [0.717, 1.165) is 46.1 Å². The number of methoxy groups -OCH3 is 2. The number of rotatable bonds is 4. The van der Waals surface area contributed by atoms with Gasteiger partial charge in [0.25, 0.3) is 0 Å². The van der Waals surface area contributed by atoms with Gasteiger partial charge in [-0.1, -0.05) is 29.8 Å². The maximum absolute atomic E-state index is 6.52. The minimum absolute atomic E-state index is 0.0298. The second-order valence-electron chi connectivity index (χ2n) is 7.27. The van der Waals surface area contributed by atoms with Gasteiger partial charge in [-0.3, -0.25) is 0 Å². The lowest BCUT2D eigenvalue weighted by atomic mass is 9.95. The van der Waals surface area contributed by atoms with Gasteiger partial charge in [0.15, 0.2) is 0 Å². The van der Waals surface area contributed by atoms with Crippen molar-refractivity contribution in [2.75, 3.05) is 14.2 Å². The minimum Gasteiger partial charge on any atom is -0.497 e. The lowest BCUT2D eigenvalue weighted by molar-refractivity contribution is -0.0190. The van der Waals surface area contributed by atoms with Crippen LogP contribution in [0.15, 0.2) is 71.8 Å². The third-order valence-electron chi connectivity index (χ3n) is 5.59. The molecule has 152 valence electrons. The first-order valence-electron chi connectivity index (χ1n) is 9.77. The van der Waals surface area contributed by atoms with Crippen molar-refractivity contribution in [1.29, 1.82) is 0 Å². The van der Waals surface area contributed by atoms with E-state index in [9.17, 15) is 0 Å². The van der Waals surface area contributed by atoms with Gasteiger partial charge in [0.2, 0.25) is 6.23 Å². The van der Waals surface area contributed by atoms with Gasteiger partial charge in [0.1, 0.15) is 17.2 Å². The standard InChI is InChI=1S/C24H21ClN2O3/c1-28-16-9-7-15(8-10-16)21-14-22-19-13-17(29-2)11-12-23(19)30-24(27(22)26-21)18-5-3-4-6-20(18)25/h3-13,22,24H,14H2,1-2H3/t22-,24-/m1/s1. The van der Waals surface area contributed by atoms with E-state index in [2.05, 4.69) is 0 Å². The molecule has 3 aromatic rings. The second-order valence-corrected chi connectivity index (χ2v) is 7.68. The van der Waals surface area contributed by atoms with Crippen LogP contribution in [0.3, 0.4) is 0 Å². The highest BCUT2D eigenvalue weighted by atomic mass is 35.5. The van der Waals surface area contributed by atoms with Gasteiger partial charge < -0.3 is 14.2 Å². The molecule has 3 aromatic carbocycles. The molecule has 0 aliphatic carbocycles. The molecule has 5 nitrogen and oxygen atoms in total. The smallest absolute Gasteiger partial charge is 0.215 e. The minimum atomic E-state index is -0.402. The molecule has 0 saturated carbocycles. The highest BCUT2D eigenvalue weighted by Gasteiger charge is 2.41. The van der Waals surface area contributed by atoms with E-state index in [0.29, 0.717) is 5.02 Å². The third kappa shape index (κ3) is 3.15. The van der Waals surface area contributed by atoms with E-state index >= 15 is 0 Å². The molecule has 2 aliphatic rings. The molecule has 30 heavy (non-hydrogen) atoms. The monoisotopic (exact) mass is 420 g/mol. The summed E-state index contributed by atoms with van der Waals surface area (Å²) in [4.78, 5) is 0. The molecular formula is C24H21ClN2O3. The summed E-state index contributed by atoms with van der Waals surface area (Å²) < 4.78 is 17.1. The van der Waals surface area contributed by atoms with Crippen molar-refractivity contribution >= 4 is 17.3 Å². The zero-order chi connectivity index (χ0) is 20.7. The summed E-state index contributed by atoms with van der Waals surface area (Å²) in [7, 11) is 3.34. The third-order valence-corrected chi connectivity index (χ3v) is 5.94. The van der Waals surface area contributed by atoms with Gasteiger partial charge in [-0.15, -0.1) is 0 Å². The van der Waals surface area contributed by atoms with Crippen molar-refractivity contribution in [3.63, 3.8) is 0 Å². The van der Waals surface area contributed by atoms with Gasteiger partial charge in [-0.2, -0.15) is 5.10 Å². The van der Waals surface area contributed by atoms with Crippen LogP contribution < -0.4 is 14.2 Å². The summed E-state index contributed by atoms with van der Waals surface area (Å²) in [5, 5.41) is 7.65. The Morgan fingerprint density at radius 2 is 1.67 bits per heavy atom. The van der Waals surface area contributed by atoms with Crippen LogP contribution >= 0.6 is 11.6 Å². The molecule has 0 spiro atoms. The van der Waals surface area contributed by atoms with Crippen molar-refractivity contribution in [3.05, 3.63) is 88.4 Å². The normalized spacial score (nSPS) is 19.4. The number of fused-ring (bicyclic) bond motifs is 3. The van der Waals surface area contributed by atoms with Crippen LogP contribution in [-0.2, 0) is 0 Å². The maximum Gasteiger partial charge on any atom is 0.215 e. The molecule has 0 amide bonds. The molecule has 0 N–H and O–H groups in total. The van der Waals surface area contributed by atoms with Gasteiger partial charge in [-0.25, -0.2) is 5.01 Å². The first kappa shape index (κ1) is 18.8. The Hall–Kier alpha value is -3.18. The molecule has 0 bridgehead atoms. The highest BCUT2D eigenvalue weighted by molar-refractivity contribution is 6.31. The number of hydrazone groups is 1. The number of halogens is 1. The lowest BCUT2D eigenvalue weighted by Gasteiger charge is -2.38. The Labute approximate surface area is 180 Å². The van der Waals surface area contributed by atoms with E-state index in [1.54, 1.807) is 14.2 Å². The Balaban J connectivity index is 1.59. The SMILES string of the molecule is COc1ccc(C2=NN3[C@H](C2)c2cc(OC)ccc2O[C@@H]3c2ccccc2Cl)cc1. The van der Waals surface area contributed by atoms with Gasteiger partial charge in [0.05, 0.1) is 26.0 Å². The largest absolute Gasteiger partial charge is 0.497 e. The molecule has 2 atom stereocenters. The van der Waals surface area contributed by atoms with Gasteiger partial charge in [-0.05, 0) is 54.1 Å². The average molecular weight is 421 g/mol.